The van der Waals surface area contributed by atoms with Gasteiger partial charge in [0.1, 0.15) is 11.6 Å². The van der Waals surface area contributed by atoms with Crippen LogP contribution in [0.15, 0.2) is 60.8 Å². The van der Waals surface area contributed by atoms with Gasteiger partial charge >= 0.3 is 0 Å². The Morgan fingerprint density at radius 2 is 1.96 bits per heavy atom. The van der Waals surface area contributed by atoms with Gasteiger partial charge in [0, 0.05) is 12.7 Å². The van der Waals surface area contributed by atoms with Gasteiger partial charge in [-0.25, -0.2) is 4.98 Å². The van der Waals surface area contributed by atoms with Gasteiger partial charge in [-0.3, -0.25) is 0 Å². The number of halogens is 1. The first-order valence-electron chi connectivity index (χ1n) is 7.96. The molecule has 0 aliphatic carbocycles. The maximum Gasteiger partial charge on any atom is 0.224 e. The fourth-order valence-corrected chi connectivity index (χ4v) is 2.54. The molecule has 0 radical (unpaired) electrons. The van der Waals surface area contributed by atoms with E-state index in [1.165, 1.54) is 5.56 Å². The largest absolute Gasteiger partial charge is 0.497 e. The molecule has 0 saturated carbocycles. The molecule has 0 unspecified atom stereocenters. The van der Waals surface area contributed by atoms with Crippen LogP contribution < -0.4 is 15.4 Å². The highest BCUT2D eigenvalue weighted by Crippen LogP contribution is 2.24. The minimum Gasteiger partial charge on any atom is -0.497 e. The molecule has 0 aliphatic rings. The molecule has 0 aliphatic heterocycles. The van der Waals surface area contributed by atoms with Crippen LogP contribution in [0.1, 0.15) is 5.56 Å². The zero-order valence-electron chi connectivity index (χ0n) is 13.9. The van der Waals surface area contributed by atoms with E-state index in [9.17, 15) is 0 Å². The molecule has 128 valence electrons. The highest BCUT2D eigenvalue weighted by atomic mass is 35.5. The lowest BCUT2D eigenvalue weighted by Gasteiger charge is -2.10. The molecule has 6 heteroatoms. The van der Waals surface area contributed by atoms with Gasteiger partial charge in [0.05, 0.1) is 17.8 Å². The highest BCUT2D eigenvalue weighted by Gasteiger charge is 2.03. The maximum atomic E-state index is 6.16. The molecule has 3 rings (SSSR count). The third kappa shape index (κ3) is 4.84. The topological polar surface area (TPSA) is 59.1 Å². The number of para-hydroxylation sites is 1. The molecule has 0 bridgehead atoms. The molecule has 0 spiro atoms. The van der Waals surface area contributed by atoms with Crippen molar-refractivity contribution in [2.45, 2.75) is 6.42 Å². The smallest absolute Gasteiger partial charge is 0.224 e. The van der Waals surface area contributed by atoms with Crippen molar-refractivity contribution >= 4 is 29.1 Å². The molecule has 0 saturated heterocycles. The maximum absolute atomic E-state index is 6.16. The van der Waals surface area contributed by atoms with Gasteiger partial charge in [-0.15, -0.1) is 0 Å². The van der Waals surface area contributed by atoms with Crippen molar-refractivity contribution in [1.82, 2.24) is 9.97 Å². The summed E-state index contributed by atoms with van der Waals surface area (Å²) in [5.74, 6) is 2.12. The summed E-state index contributed by atoms with van der Waals surface area (Å²) in [6.07, 6.45) is 2.56. The summed E-state index contributed by atoms with van der Waals surface area (Å²) < 4.78 is 5.24. The van der Waals surface area contributed by atoms with Crippen molar-refractivity contribution in [2.24, 2.45) is 0 Å². The van der Waals surface area contributed by atoms with Gasteiger partial charge in [-0.05, 0) is 42.3 Å². The van der Waals surface area contributed by atoms with Crippen molar-refractivity contribution < 1.29 is 4.74 Å². The van der Waals surface area contributed by atoms with Gasteiger partial charge < -0.3 is 15.4 Å². The van der Waals surface area contributed by atoms with Crippen LogP contribution in [0.25, 0.3) is 0 Å². The molecular weight excluding hydrogens is 336 g/mol. The number of methoxy groups -OCH3 is 1. The minimum atomic E-state index is 0.569. The molecule has 25 heavy (non-hydrogen) atoms. The monoisotopic (exact) mass is 354 g/mol. The number of anilines is 3. The third-order valence-corrected chi connectivity index (χ3v) is 3.95. The number of nitrogens with one attached hydrogen (secondary N) is 2. The molecule has 0 amide bonds. The Bertz CT molecular complexity index is 841. The average molecular weight is 355 g/mol. The van der Waals surface area contributed by atoms with Crippen LogP contribution >= 0.6 is 11.6 Å². The van der Waals surface area contributed by atoms with Crippen LogP contribution in [0.4, 0.5) is 17.5 Å². The molecule has 1 aromatic heterocycles. The van der Waals surface area contributed by atoms with Crippen LogP contribution in [-0.2, 0) is 6.42 Å². The number of benzene rings is 2. The molecule has 0 atom stereocenters. The molecule has 1 heterocycles. The van der Waals surface area contributed by atoms with Crippen molar-refractivity contribution in [2.75, 3.05) is 24.3 Å². The molecule has 0 fully saturated rings. The van der Waals surface area contributed by atoms with E-state index in [4.69, 9.17) is 16.3 Å². The Hall–Kier alpha value is -2.79. The Labute approximate surface area is 152 Å². The third-order valence-electron chi connectivity index (χ3n) is 3.62. The van der Waals surface area contributed by atoms with E-state index < -0.39 is 0 Å². The van der Waals surface area contributed by atoms with Crippen molar-refractivity contribution in [3.63, 3.8) is 0 Å². The molecule has 2 aromatic carbocycles. The first kappa shape index (κ1) is 17.0. The van der Waals surface area contributed by atoms with Crippen LogP contribution in [0.2, 0.25) is 5.02 Å². The van der Waals surface area contributed by atoms with E-state index in [0.29, 0.717) is 16.8 Å². The molecule has 5 nitrogen and oxygen atoms in total. The Kier molecular flexibility index (Phi) is 5.69. The van der Waals surface area contributed by atoms with E-state index in [-0.39, 0.29) is 0 Å². The number of rotatable bonds is 7. The predicted molar refractivity (Wildman–Crippen MR) is 102 cm³/mol. The summed E-state index contributed by atoms with van der Waals surface area (Å²) in [6.45, 7) is 0.725. The number of hydrogen-bond acceptors (Lipinski definition) is 5. The number of nitrogens with zero attached hydrogens (tertiary/aromatic N) is 2. The number of aromatic nitrogens is 2. The van der Waals surface area contributed by atoms with Gasteiger partial charge in [-0.2, -0.15) is 4.98 Å². The van der Waals surface area contributed by atoms with E-state index in [1.807, 2.05) is 42.5 Å². The number of ether oxygens (including phenoxy) is 1. The first-order chi connectivity index (χ1) is 12.2. The zero-order valence-corrected chi connectivity index (χ0v) is 14.6. The van der Waals surface area contributed by atoms with Crippen LogP contribution in [0.3, 0.4) is 0 Å². The Morgan fingerprint density at radius 1 is 1.08 bits per heavy atom. The first-order valence-corrected chi connectivity index (χ1v) is 8.34. The normalized spacial score (nSPS) is 10.3. The van der Waals surface area contributed by atoms with E-state index in [1.54, 1.807) is 19.4 Å². The van der Waals surface area contributed by atoms with Crippen molar-refractivity contribution in [3.8, 4) is 5.75 Å². The van der Waals surface area contributed by atoms with Gasteiger partial charge in [0.15, 0.2) is 0 Å². The minimum absolute atomic E-state index is 0.569. The Morgan fingerprint density at radius 3 is 2.80 bits per heavy atom. The molecule has 2 N–H and O–H groups in total. The second-order valence-electron chi connectivity index (χ2n) is 5.40. The fourth-order valence-electron chi connectivity index (χ4n) is 2.36. The summed E-state index contributed by atoms with van der Waals surface area (Å²) in [5, 5.41) is 7.08. The molecule has 3 aromatic rings. The quantitative estimate of drug-likeness (QED) is 0.652. The van der Waals surface area contributed by atoms with Gasteiger partial charge in [-0.1, -0.05) is 35.9 Å². The van der Waals surface area contributed by atoms with Crippen LogP contribution in [-0.4, -0.2) is 23.6 Å². The van der Waals surface area contributed by atoms with Crippen LogP contribution in [0, 0.1) is 0 Å². The molecular formula is C19H19ClN4O. The fraction of sp³-hybridized carbons (Fsp3) is 0.158. The second-order valence-corrected chi connectivity index (χ2v) is 5.81. The summed E-state index contributed by atoms with van der Waals surface area (Å²) in [7, 11) is 1.67. The zero-order chi connectivity index (χ0) is 17.5. The summed E-state index contributed by atoms with van der Waals surface area (Å²) in [5.41, 5.74) is 2.00. The Balaban J connectivity index is 1.59. The standard InChI is InChI=1S/C19H19ClN4O/c1-25-15-6-4-5-14(13-15)9-11-21-19-22-12-10-18(24-19)23-17-8-3-2-7-16(17)20/h2-8,10,12-13H,9,11H2,1H3,(H2,21,22,23,24). The summed E-state index contributed by atoms with van der Waals surface area (Å²) >= 11 is 6.16. The van der Waals surface area contributed by atoms with Gasteiger partial charge in [0.25, 0.3) is 0 Å². The van der Waals surface area contributed by atoms with E-state index >= 15 is 0 Å². The summed E-state index contributed by atoms with van der Waals surface area (Å²) in [6, 6.07) is 17.4. The van der Waals surface area contributed by atoms with Crippen molar-refractivity contribution in [3.05, 3.63) is 71.4 Å². The van der Waals surface area contributed by atoms with Gasteiger partial charge in [0.2, 0.25) is 5.95 Å². The SMILES string of the molecule is COc1cccc(CCNc2nccc(Nc3ccccc3Cl)n2)c1. The number of hydrogen-bond donors (Lipinski definition) is 2. The lowest BCUT2D eigenvalue weighted by atomic mass is 10.1. The lowest BCUT2D eigenvalue weighted by molar-refractivity contribution is 0.414. The van der Waals surface area contributed by atoms with E-state index in [0.717, 1.165) is 24.4 Å². The van der Waals surface area contributed by atoms with E-state index in [2.05, 4.69) is 26.7 Å². The highest BCUT2D eigenvalue weighted by molar-refractivity contribution is 6.33. The second kappa shape index (κ2) is 8.35. The predicted octanol–water partition coefficient (Wildman–Crippen LogP) is 4.54. The lowest BCUT2D eigenvalue weighted by Crippen LogP contribution is -2.08. The van der Waals surface area contributed by atoms with Crippen LogP contribution in [0.5, 0.6) is 5.75 Å². The summed E-state index contributed by atoms with van der Waals surface area (Å²) in [4.78, 5) is 8.71. The average Bonchev–Trinajstić information content (AvgIpc) is 2.64. The van der Waals surface area contributed by atoms with Crippen molar-refractivity contribution in [1.29, 1.82) is 0 Å².